The van der Waals surface area contributed by atoms with E-state index in [4.69, 9.17) is 9.84 Å². The van der Waals surface area contributed by atoms with E-state index >= 15 is 0 Å². The molecule has 2 aromatic carbocycles. The molecule has 0 radical (unpaired) electrons. The standard InChI is InChI=1S/C22H23N5O5S/c1-3-27-18(12-23-20(29)14-6-5-9-17(11-14)32-2)25-26-22(27)33-13-19(28)24-16-8-4-7-15(10-16)21(30)31/h4-11H,3,12-13H2,1-2H3,(H,23,29)(H,24,28)(H,30,31). The minimum atomic E-state index is -1.07. The maximum Gasteiger partial charge on any atom is 0.335 e. The minimum Gasteiger partial charge on any atom is -0.497 e. The lowest BCUT2D eigenvalue weighted by molar-refractivity contribution is -0.113. The van der Waals surface area contributed by atoms with Crippen molar-refractivity contribution in [1.82, 2.24) is 20.1 Å². The fraction of sp³-hybridized carbons (Fsp3) is 0.227. The Labute approximate surface area is 194 Å². The van der Waals surface area contributed by atoms with Crippen LogP contribution in [0.5, 0.6) is 5.75 Å². The van der Waals surface area contributed by atoms with Crippen molar-refractivity contribution >= 4 is 35.2 Å². The van der Waals surface area contributed by atoms with Crippen LogP contribution in [0.1, 0.15) is 33.5 Å². The minimum absolute atomic E-state index is 0.0611. The number of carboxylic acids is 1. The van der Waals surface area contributed by atoms with Crippen molar-refractivity contribution in [2.24, 2.45) is 0 Å². The molecule has 0 atom stereocenters. The van der Waals surface area contributed by atoms with Crippen LogP contribution in [-0.2, 0) is 17.9 Å². The van der Waals surface area contributed by atoms with Crippen molar-refractivity contribution < 1.29 is 24.2 Å². The highest BCUT2D eigenvalue weighted by atomic mass is 32.2. The molecule has 0 aliphatic rings. The number of thioether (sulfide) groups is 1. The molecule has 1 heterocycles. The number of carboxylic acid groups (broad SMARTS) is 1. The Morgan fingerprint density at radius 2 is 1.85 bits per heavy atom. The molecular weight excluding hydrogens is 446 g/mol. The molecule has 0 saturated heterocycles. The Balaban J connectivity index is 1.57. The number of rotatable bonds is 10. The van der Waals surface area contributed by atoms with Gasteiger partial charge in [-0.15, -0.1) is 10.2 Å². The Kier molecular flexibility index (Phi) is 8.03. The quantitative estimate of drug-likeness (QED) is 0.386. The maximum absolute atomic E-state index is 12.4. The first-order chi connectivity index (χ1) is 15.9. The lowest BCUT2D eigenvalue weighted by Gasteiger charge is -2.09. The summed E-state index contributed by atoms with van der Waals surface area (Å²) in [6, 6.07) is 12.8. The Morgan fingerprint density at radius 3 is 2.58 bits per heavy atom. The monoisotopic (exact) mass is 469 g/mol. The highest BCUT2D eigenvalue weighted by Crippen LogP contribution is 2.19. The molecule has 0 saturated carbocycles. The summed E-state index contributed by atoms with van der Waals surface area (Å²) in [6.07, 6.45) is 0. The zero-order valence-electron chi connectivity index (χ0n) is 18.1. The number of hydrogen-bond acceptors (Lipinski definition) is 7. The maximum atomic E-state index is 12.4. The Hall–Kier alpha value is -3.86. The van der Waals surface area contributed by atoms with Crippen LogP contribution in [-0.4, -0.2) is 50.5 Å². The first kappa shape index (κ1) is 23.8. The van der Waals surface area contributed by atoms with E-state index in [1.54, 1.807) is 36.4 Å². The van der Waals surface area contributed by atoms with Crippen molar-refractivity contribution in [3.63, 3.8) is 0 Å². The van der Waals surface area contributed by atoms with Gasteiger partial charge in [0, 0.05) is 17.8 Å². The molecule has 0 aliphatic heterocycles. The summed E-state index contributed by atoms with van der Waals surface area (Å²) in [5.41, 5.74) is 0.959. The van der Waals surface area contributed by atoms with E-state index in [1.807, 2.05) is 11.5 Å². The topological polar surface area (TPSA) is 135 Å². The smallest absolute Gasteiger partial charge is 0.335 e. The fourth-order valence-corrected chi connectivity index (χ4v) is 3.78. The molecule has 0 bridgehead atoms. The predicted molar refractivity (Wildman–Crippen MR) is 123 cm³/mol. The number of nitrogens with zero attached hydrogens (tertiary/aromatic N) is 3. The number of amides is 2. The van der Waals surface area contributed by atoms with E-state index < -0.39 is 5.97 Å². The van der Waals surface area contributed by atoms with E-state index in [0.29, 0.717) is 34.5 Å². The number of ether oxygens (including phenoxy) is 1. The number of nitrogens with one attached hydrogen (secondary N) is 2. The molecular formula is C22H23N5O5S. The van der Waals surface area contributed by atoms with Gasteiger partial charge in [0.15, 0.2) is 11.0 Å². The van der Waals surface area contributed by atoms with Gasteiger partial charge in [0.05, 0.1) is 25.0 Å². The number of methoxy groups -OCH3 is 1. The summed E-state index contributed by atoms with van der Waals surface area (Å²) >= 11 is 1.20. The first-order valence-electron chi connectivity index (χ1n) is 10.0. The van der Waals surface area contributed by atoms with E-state index in [-0.39, 0.29) is 29.7 Å². The van der Waals surface area contributed by atoms with E-state index in [0.717, 1.165) is 0 Å². The Bertz CT molecular complexity index is 1160. The lowest BCUT2D eigenvalue weighted by atomic mass is 10.2. The van der Waals surface area contributed by atoms with Gasteiger partial charge in [-0.3, -0.25) is 9.59 Å². The fourth-order valence-electron chi connectivity index (χ4n) is 2.96. The van der Waals surface area contributed by atoms with Crippen LogP contribution in [0.2, 0.25) is 0 Å². The molecule has 172 valence electrons. The number of aromatic carboxylic acids is 1. The average molecular weight is 470 g/mol. The SMILES string of the molecule is CCn1c(CNC(=O)c2cccc(OC)c2)nnc1SCC(=O)Nc1cccc(C(=O)O)c1. The molecule has 3 N–H and O–H groups in total. The number of aromatic nitrogens is 3. The number of benzene rings is 2. The van der Waals surface area contributed by atoms with Gasteiger partial charge in [0.25, 0.3) is 5.91 Å². The van der Waals surface area contributed by atoms with Crippen LogP contribution >= 0.6 is 11.8 Å². The third-order valence-electron chi connectivity index (χ3n) is 4.57. The van der Waals surface area contributed by atoms with Crippen LogP contribution in [0.25, 0.3) is 0 Å². The number of anilines is 1. The molecule has 0 aliphatic carbocycles. The number of hydrogen-bond donors (Lipinski definition) is 3. The second kappa shape index (κ2) is 11.1. The zero-order chi connectivity index (χ0) is 23.8. The van der Waals surface area contributed by atoms with Crippen molar-refractivity contribution in [3.05, 3.63) is 65.5 Å². The number of carbonyl (C=O) groups is 3. The van der Waals surface area contributed by atoms with Crippen molar-refractivity contribution in [3.8, 4) is 5.75 Å². The van der Waals surface area contributed by atoms with E-state index in [9.17, 15) is 14.4 Å². The molecule has 11 heteroatoms. The lowest BCUT2D eigenvalue weighted by Crippen LogP contribution is -2.24. The van der Waals surface area contributed by atoms with Gasteiger partial charge in [-0.25, -0.2) is 4.79 Å². The van der Waals surface area contributed by atoms with Gasteiger partial charge in [0.2, 0.25) is 5.91 Å². The molecule has 0 fully saturated rings. The largest absolute Gasteiger partial charge is 0.497 e. The van der Waals surface area contributed by atoms with Crippen LogP contribution in [0.4, 0.5) is 5.69 Å². The summed E-state index contributed by atoms with van der Waals surface area (Å²) in [4.78, 5) is 35.8. The van der Waals surface area contributed by atoms with Gasteiger partial charge < -0.3 is 25.0 Å². The third kappa shape index (κ3) is 6.32. The Morgan fingerprint density at radius 1 is 1.09 bits per heavy atom. The molecule has 33 heavy (non-hydrogen) atoms. The van der Waals surface area contributed by atoms with Crippen molar-refractivity contribution in [2.75, 3.05) is 18.2 Å². The van der Waals surface area contributed by atoms with Gasteiger partial charge in [-0.05, 0) is 43.3 Å². The van der Waals surface area contributed by atoms with Crippen LogP contribution in [0, 0.1) is 0 Å². The molecule has 10 nitrogen and oxygen atoms in total. The summed E-state index contributed by atoms with van der Waals surface area (Å²) in [5, 5.41) is 23.3. The summed E-state index contributed by atoms with van der Waals surface area (Å²) in [7, 11) is 1.54. The van der Waals surface area contributed by atoms with E-state index in [1.165, 1.54) is 31.0 Å². The van der Waals surface area contributed by atoms with Crippen molar-refractivity contribution in [2.45, 2.75) is 25.2 Å². The highest BCUT2D eigenvalue weighted by molar-refractivity contribution is 7.99. The summed E-state index contributed by atoms with van der Waals surface area (Å²) < 4.78 is 6.95. The zero-order valence-corrected chi connectivity index (χ0v) is 18.9. The first-order valence-corrected chi connectivity index (χ1v) is 11.0. The van der Waals surface area contributed by atoms with Crippen LogP contribution < -0.4 is 15.4 Å². The van der Waals surface area contributed by atoms with Crippen LogP contribution in [0.15, 0.2) is 53.7 Å². The highest BCUT2D eigenvalue weighted by Gasteiger charge is 2.15. The molecule has 0 unspecified atom stereocenters. The number of carbonyl (C=O) groups excluding carboxylic acids is 2. The second-order valence-corrected chi connectivity index (χ2v) is 7.72. The van der Waals surface area contributed by atoms with Gasteiger partial charge in [-0.2, -0.15) is 0 Å². The second-order valence-electron chi connectivity index (χ2n) is 6.78. The van der Waals surface area contributed by atoms with Crippen LogP contribution in [0.3, 0.4) is 0 Å². The molecule has 2 amide bonds. The van der Waals surface area contributed by atoms with Crippen molar-refractivity contribution in [1.29, 1.82) is 0 Å². The average Bonchev–Trinajstić information content (AvgIpc) is 3.23. The molecule has 0 spiro atoms. The summed E-state index contributed by atoms with van der Waals surface area (Å²) in [5.74, 6) is -0.428. The molecule has 3 aromatic rings. The predicted octanol–water partition coefficient (Wildman–Crippen LogP) is 2.67. The van der Waals surface area contributed by atoms with Gasteiger partial charge in [0.1, 0.15) is 5.75 Å². The molecule has 3 rings (SSSR count). The van der Waals surface area contributed by atoms with Gasteiger partial charge >= 0.3 is 5.97 Å². The van der Waals surface area contributed by atoms with Gasteiger partial charge in [-0.1, -0.05) is 23.9 Å². The van der Waals surface area contributed by atoms with E-state index in [2.05, 4.69) is 20.8 Å². The normalized spacial score (nSPS) is 10.5. The summed E-state index contributed by atoms with van der Waals surface area (Å²) in [6.45, 7) is 2.64. The third-order valence-corrected chi connectivity index (χ3v) is 5.54. The molecule has 1 aromatic heterocycles.